The van der Waals surface area contributed by atoms with Crippen molar-refractivity contribution in [3.63, 3.8) is 0 Å². The summed E-state index contributed by atoms with van der Waals surface area (Å²) in [5, 5.41) is 10.1. The zero-order valence-corrected chi connectivity index (χ0v) is 20.3. The average molecular weight is 496 g/mol. The van der Waals surface area contributed by atoms with Gasteiger partial charge in [-0.3, -0.25) is 9.59 Å². The zero-order chi connectivity index (χ0) is 22.8. The Labute approximate surface area is 203 Å². The Morgan fingerprint density at radius 1 is 1.06 bits per heavy atom. The first-order valence-electron chi connectivity index (χ1n) is 10.5. The predicted molar refractivity (Wildman–Crippen MR) is 135 cm³/mol. The molecule has 5 rings (SSSR count). The van der Waals surface area contributed by atoms with Crippen LogP contribution in [0.2, 0.25) is 0 Å². The van der Waals surface area contributed by atoms with E-state index in [4.69, 9.17) is 4.74 Å². The summed E-state index contributed by atoms with van der Waals surface area (Å²) in [5.41, 5.74) is 3.78. The monoisotopic (exact) mass is 495 g/mol. The smallest absolute Gasteiger partial charge is 0.275 e. The van der Waals surface area contributed by atoms with Crippen molar-refractivity contribution in [3.05, 3.63) is 69.4 Å². The molecule has 33 heavy (non-hydrogen) atoms. The minimum Gasteiger partial charge on any atom is -0.378 e. The molecule has 0 saturated carbocycles. The van der Waals surface area contributed by atoms with Gasteiger partial charge in [0.1, 0.15) is 15.7 Å². The highest BCUT2D eigenvalue weighted by molar-refractivity contribution is 7.20. The number of rotatable bonds is 5. The third-order valence-electron chi connectivity index (χ3n) is 5.43. The lowest BCUT2D eigenvalue weighted by molar-refractivity contribution is 0.0303. The van der Waals surface area contributed by atoms with Crippen molar-refractivity contribution in [1.82, 2.24) is 9.88 Å². The Kier molecular flexibility index (Phi) is 6.37. The van der Waals surface area contributed by atoms with Gasteiger partial charge in [-0.2, -0.15) is 11.3 Å². The van der Waals surface area contributed by atoms with Crippen LogP contribution in [0.25, 0.3) is 21.0 Å². The molecule has 0 unspecified atom stereocenters. The van der Waals surface area contributed by atoms with Crippen molar-refractivity contribution >= 4 is 50.8 Å². The lowest BCUT2D eigenvalue weighted by Gasteiger charge is -2.27. The third-order valence-corrected chi connectivity index (χ3v) is 8.26. The molecule has 168 valence electrons. The van der Waals surface area contributed by atoms with Crippen LogP contribution in [0.5, 0.6) is 0 Å². The number of morpholine rings is 1. The molecule has 9 heteroatoms. The molecule has 0 atom stereocenters. The van der Waals surface area contributed by atoms with Crippen LogP contribution in [0.3, 0.4) is 0 Å². The van der Waals surface area contributed by atoms with Gasteiger partial charge in [0.2, 0.25) is 0 Å². The Bertz CT molecular complexity index is 1270. The van der Waals surface area contributed by atoms with Gasteiger partial charge in [0.15, 0.2) is 0 Å². The number of nitrogens with zero attached hydrogens (tertiary/aromatic N) is 2. The average Bonchev–Trinajstić information content (AvgIpc) is 3.60. The van der Waals surface area contributed by atoms with Crippen LogP contribution in [0.15, 0.2) is 52.5 Å². The van der Waals surface area contributed by atoms with E-state index < -0.39 is 0 Å². The topological polar surface area (TPSA) is 71.5 Å². The van der Waals surface area contributed by atoms with Gasteiger partial charge in [-0.15, -0.1) is 22.7 Å². The molecule has 1 aliphatic rings. The highest BCUT2D eigenvalue weighted by atomic mass is 32.1. The van der Waals surface area contributed by atoms with E-state index in [0.29, 0.717) is 42.6 Å². The first-order chi connectivity index (χ1) is 16.1. The molecule has 1 fully saturated rings. The van der Waals surface area contributed by atoms with Crippen molar-refractivity contribution in [2.24, 2.45) is 0 Å². The summed E-state index contributed by atoms with van der Waals surface area (Å²) in [6.45, 7) is 4.06. The molecule has 0 spiro atoms. The lowest BCUT2D eigenvalue weighted by atomic mass is 10.1. The maximum Gasteiger partial charge on any atom is 0.275 e. The predicted octanol–water partition coefficient (Wildman–Crippen LogP) is 5.63. The van der Waals surface area contributed by atoms with Gasteiger partial charge < -0.3 is 15.0 Å². The van der Waals surface area contributed by atoms with Crippen LogP contribution in [0, 0.1) is 6.92 Å². The first kappa shape index (κ1) is 22.0. The van der Waals surface area contributed by atoms with Crippen LogP contribution < -0.4 is 5.32 Å². The van der Waals surface area contributed by atoms with Gasteiger partial charge in [0.25, 0.3) is 11.8 Å². The maximum atomic E-state index is 13.5. The molecular formula is C24H21N3O3S3. The summed E-state index contributed by atoms with van der Waals surface area (Å²) < 4.78 is 5.41. The van der Waals surface area contributed by atoms with Crippen LogP contribution in [-0.4, -0.2) is 48.0 Å². The fourth-order valence-electron chi connectivity index (χ4n) is 3.71. The number of amides is 2. The van der Waals surface area contributed by atoms with Crippen LogP contribution in [-0.2, 0) is 4.74 Å². The Balaban J connectivity index is 1.49. The molecule has 1 N–H and O–H groups in total. The summed E-state index contributed by atoms with van der Waals surface area (Å²) >= 11 is 4.45. The molecule has 6 nitrogen and oxygen atoms in total. The molecule has 4 aromatic rings. The van der Waals surface area contributed by atoms with E-state index in [1.54, 1.807) is 21.6 Å². The highest BCUT2D eigenvalue weighted by Crippen LogP contribution is 2.41. The van der Waals surface area contributed by atoms with Crippen LogP contribution in [0.1, 0.15) is 26.4 Å². The van der Waals surface area contributed by atoms with E-state index >= 15 is 0 Å². The SMILES string of the molecule is Cc1c(-c2ccccc2)sc(NC(=O)c2csc(-c3ccsc3)n2)c1C(=O)N1CCOCC1. The first-order valence-corrected chi connectivity index (χ1v) is 13.1. The zero-order valence-electron chi connectivity index (χ0n) is 17.9. The number of carbonyl (C=O) groups is 2. The van der Waals surface area contributed by atoms with Gasteiger partial charge in [0, 0.05) is 34.3 Å². The van der Waals surface area contributed by atoms with Crippen LogP contribution >= 0.6 is 34.0 Å². The second kappa shape index (κ2) is 9.56. The summed E-state index contributed by atoms with van der Waals surface area (Å²) in [7, 11) is 0. The standard InChI is InChI=1S/C24H21N3O3S3/c1-15-19(24(29)27-8-10-30-11-9-27)23(33-20(15)16-5-3-2-4-6-16)26-21(28)18-14-32-22(25-18)17-7-12-31-13-17/h2-7,12-14H,8-11H2,1H3,(H,26,28). The van der Waals surface area contributed by atoms with Crippen molar-refractivity contribution in [3.8, 4) is 21.0 Å². The number of aromatic nitrogens is 1. The number of carbonyl (C=O) groups excluding carboxylic acids is 2. The van der Waals surface area contributed by atoms with E-state index in [2.05, 4.69) is 10.3 Å². The van der Waals surface area contributed by atoms with Gasteiger partial charge in [-0.25, -0.2) is 4.98 Å². The van der Waals surface area contributed by atoms with Gasteiger partial charge >= 0.3 is 0 Å². The minimum absolute atomic E-state index is 0.0817. The summed E-state index contributed by atoms with van der Waals surface area (Å²) in [6, 6.07) is 11.9. The van der Waals surface area contributed by atoms with Crippen molar-refractivity contribution in [2.75, 3.05) is 31.6 Å². The summed E-state index contributed by atoms with van der Waals surface area (Å²) in [6.07, 6.45) is 0. The Hall–Kier alpha value is -2.85. The maximum absolute atomic E-state index is 13.5. The molecule has 4 heterocycles. The quantitative estimate of drug-likeness (QED) is 0.389. The number of thiazole rings is 1. The minimum atomic E-state index is -0.315. The second-order valence-corrected chi connectivity index (χ2v) is 10.2. The molecule has 3 aromatic heterocycles. The van der Waals surface area contributed by atoms with E-state index in [1.165, 1.54) is 22.7 Å². The van der Waals surface area contributed by atoms with E-state index in [0.717, 1.165) is 26.6 Å². The van der Waals surface area contributed by atoms with Gasteiger partial charge in [-0.1, -0.05) is 30.3 Å². The molecule has 0 bridgehead atoms. The number of thiophene rings is 2. The summed E-state index contributed by atoms with van der Waals surface area (Å²) in [4.78, 5) is 33.9. The number of benzene rings is 1. The van der Waals surface area contributed by atoms with Gasteiger partial charge in [-0.05, 0) is 29.5 Å². The van der Waals surface area contributed by atoms with Crippen LogP contribution in [0.4, 0.5) is 5.00 Å². The van der Waals surface area contributed by atoms with Gasteiger partial charge in [0.05, 0.1) is 18.8 Å². The number of hydrogen-bond acceptors (Lipinski definition) is 7. The van der Waals surface area contributed by atoms with E-state index in [1.807, 2.05) is 54.1 Å². The Morgan fingerprint density at radius 2 is 1.85 bits per heavy atom. The fourth-order valence-corrected chi connectivity index (χ4v) is 6.42. The number of hydrogen-bond donors (Lipinski definition) is 1. The molecule has 1 aromatic carbocycles. The number of anilines is 1. The lowest BCUT2D eigenvalue weighted by Crippen LogP contribution is -2.41. The number of ether oxygens (including phenoxy) is 1. The third kappa shape index (κ3) is 4.49. The van der Waals surface area contributed by atoms with Crippen molar-refractivity contribution in [1.29, 1.82) is 0 Å². The molecule has 0 aliphatic carbocycles. The number of nitrogens with one attached hydrogen (secondary N) is 1. The van der Waals surface area contributed by atoms with Crippen molar-refractivity contribution in [2.45, 2.75) is 6.92 Å². The highest BCUT2D eigenvalue weighted by Gasteiger charge is 2.28. The largest absolute Gasteiger partial charge is 0.378 e. The summed E-state index contributed by atoms with van der Waals surface area (Å²) in [5.74, 6) is -0.397. The fraction of sp³-hybridized carbons (Fsp3) is 0.208. The molecule has 2 amide bonds. The molecule has 1 saturated heterocycles. The van der Waals surface area contributed by atoms with E-state index in [-0.39, 0.29) is 11.8 Å². The normalized spacial score (nSPS) is 13.8. The molecule has 0 radical (unpaired) electrons. The molecule has 1 aliphatic heterocycles. The van der Waals surface area contributed by atoms with E-state index in [9.17, 15) is 9.59 Å². The second-order valence-electron chi connectivity index (χ2n) is 7.53. The molecular weight excluding hydrogens is 474 g/mol. The van der Waals surface area contributed by atoms with Crippen molar-refractivity contribution < 1.29 is 14.3 Å². The Morgan fingerprint density at radius 3 is 2.58 bits per heavy atom.